The van der Waals surface area contributed by atoms with Gasteiger partial charge in [0.2, 0.25) is 0 Å². The third kappa shape index (κ3) is 6.46. The van der Waals surface area contributed by atoms with Crippen molar-refractivity contribution in [3.63, 3.8) is 0 Å². The van der Waals surface area contributed by atoms with E-state index in [1.54, 1.807) is 14.0 Å². The number of aliphatic carboxylic acids is 1. The fraction of sp³-hybridized carbons (Fsp3) is 0.457. The van der Waals surface area contributed by atoms with E-state index in [9.17, 15) is 32.3 Å². The fourth-order valence-electron chi connectivity index (χ4n) is 7.02. The minimum atomic E-state index is -4.76. The summed E-state index contributed by atoms with van der Waals surface area (Å²) in [5, 5.41) is 9.47. The first-order chi connectivity index (χ1) is 22.3. The van der Waals surface area contributed by atoms with Gasteiger partial charge in [-0.15, -0.1) is 0 Å². The molecule has 1 N–H and O–H groups in total. The van der Waals surface area contributed by atoms with Gasteiger partial charge in [-0.3, -0.25) is 9.69 Å². The van der Waals surface area contributed by atoms with Crippen molar-refractivity contribution in [3.05, 3.63) is 76.2 Å². The predicted octanol–water partition coefficient (Wildman–Crippen LogP) is 7.87. The number of amides is 1. The highest BCUT2D eigenvalue weighted by molar-refractivity contribution is 5.78. The van der Waals surface area contributed by atoms with Crippen LogP contribution in [0.1, 0.15) is 79.0 Å². The summed E-state index contributed by atoms with van der Waals surface area (Å²) >= 11 is 0. The summed E-state index contributed by atoms with van der Waals surface area (Å²) in [6.07, 6.45) is -2.91. The van der Waals surface area contributed by atoms with E-state index in [1.165, 1.54) is 4.90 Å². The average Bonchev–Trinajstić information content (AvgIpc) is 3.27. The molecular weight excluding hydrogens is 618 g/mol. The number of pyridine rings is 1. The van der Waals surface area contributed by atoms with Crippen LogP contribution in [0.5, 0.6) is 5.75 Å². The molecule has 0 spiro atoms. The highest BCUT2D eigenvalue weighted by atomic mass is 19.4. The molecule has 47 heavy (non-hydrogen) atoms. The Hall–Kier alpha value is -4.35. The number of methoxy groups -OCH3 is 1. The number of cyclic esters (lactones) is 1. The lowest BCUT2D eigenvalue weighted by atomic mass is 9.78. The summed E-state index contributed by atoms with van der Waals surface area (Å²) in [6.45, 7) is 5.30. The third-order valence-electron chi connectivity index (χ3n) is 9.79. The molecule has 1 aromatic heterocycles. The SMILES string of the molecule is COc1ccc(C2CCC(C(=O)O)CC2)cc1-c1c(C)cc(N2CCC2)nc1CN1C(=O)OC(c2cc(F)cc(C(F)(F)F)c2)C1C. The maximum absolute atomic E-state index is 14.3. The van der Waals surface area contributed by atoms with Crippen molar-refractivity contribution in [1.82, 2.24) is 9.88 Å². The van der Waals surface area contributed by atoms with Crippen LogP contribution in [0.2, 0.25) is 0 Å². The van der Waals surface area contributed by atoms with Crippen LogP contribution in [0.3, 0.4) is 0 Å². The zero-order valence-electron chi connectivity index (χ0n) is 26.4. The van der Waals surface area contributed by atoms with Crippen LogP contribution in [0.4, 0.5) is 28.2 Å². The normalized spacial score (nSPS) is 23.0. The predicted molar refractivity (Wildman–Crippen MR) is 166 cm³/mol. The highest BCUT2D eigenvalue weighted by Crippen LogP contribution is 2.43. The Morgan fingerprint density at radius 3 is 2.40 bits per heavy atom. The first kappa shape index (κ1) is 32.6. The minimum Gasteiger partial charge on any atom is -0.496 e. The molecule has 3 fully saturated rings. The molecule has 3 heterocycles. The fourth-order valence-corrected chi connectivity index (χ4v) is 7.02. The van der Waals surface area contributed by atoms with Gasteiger partial charge in [0.05, 0.1) is 36.9 Å². The number of hydrogen-bond acceptors (Lipinski definition) is 6. The lowest BCUT2D eigenvalue weighted by Crippen LogP contribution is -2.38. The Morgan fingerprint density at radius 1 is 1.06 bits per heavy atom. The molecule has 2 aromatic carbocycles. The number of nitrogens with zero attached hydrogens (tertiary/aromatic N) is 3. The minimum absolute atomic E-state index is 0.00704. The molecule has 6 rings (SSSR count). The highest BCUT2D eigenvalue weighted by Gasteiger charge is 2.42. The molecule has 2 saturated heterocycles. The summed E-state index contributed by atoms with van der Waals surface area (Å²) in [5.41, 5.74) is 2.83. The molecule has 8 nitrogen and oxygen atoms in total. The Kier molecular flexibility index (Phi) is 8.80. The summed E-state index contributed by atoms with van der Waals surface area (Å²) in [7, 11) is 1.58. The number of halogens is 4. The summed E-state index contributed by atoms with van der Waals surface area (Å²) in [6, 6.07) is 9.43. The van der Waals surface area contributed by atoms with Crippen LogP contribution in [-0.2, 0) is 22.3 Å². The lowest BCUT2D eigenvalue weighted by Gasteiger charge is -2.33. The van der Waals surface area contributed by atoms with Gasteiger partial charge in [-0.2, -0.15) is 13.2 Å². The van der Waals surface area contributed by atoms with Gasteiger partial charge in [0, 0.05) is 24.2 Å². The summed E-state index contributed by atoms with van der Waals surface area (Å²) in [5.74, 6) is -0.634. The monoisotopic (exact) mass is 655 g/mol. The van der Waals surface area contributed by atoms with E-state index in [4.69, 9.17) is 14.5 Å². The number of aryl methyl sites for hydroxylation is 1. The van der Waals surface area contributed by atoms with Gasteiger partial charge < -0.3 is 19.5 Å². The number of carbonyl (C=O) groups is 2. The molecular formula is C35H37F4N3O5. The van der Waals surface area contributed by atoms with Gasteiger partial charge >= 0.3 is 18.2 Å². The Balaban J connectivity index is 1.37. The maximum Gasteiger partial charge on any atom is 0.416 e. The molecule has 3 aromatic rings. The van der Waals surface area contributed by atoms with Crippen LogP contribution >= 0.6 is 0 Å². The van der Waals surface area contributed by atoms with Gasteiger partial charge in [0.1, 0.15) is 23.5 Å². The molecule has 2 atom stereocenters. The lowest BCUT2D eigenvalue weighted by molar-refractivity contribution is -0.143. The molecule has 0 bridgehead atoms. The van der Waals surface area contributed by atoms with Crippen molar-refractivity contribution in [2.24, 2.45) is 5.92 Å². The number of alkyl halides is 3. The standard InChI is InChI=1S/C35H37F4N3O5/c1-19-13-30(41-11-4-12-41)40-28(18-42-20(2)32(47-34(42)45)24-14-25(35(37,38)39)17-26(36)15-24)31(19)27-16-23(9-10-29(27)46-3)21-5-7-22(8-6-21)33(43)44/h9-10,13-17,20-22,32H,4-8,11-12,18H2,1-3H3,(H,43,44). The number of ether oxygens (including phenoxy) is 2. The van der Waals surface area contributed by atoms with E-state index in [-0.39, 0.29) is 23.9 Å². The van der Waals surface area contributed by atoms with E-state index in [0.29, 0.717) is 30.4 Å². The second-order valence-electron chi connectivity index (χ2n) is 12.8. The zero-order valence-corrected chi connectivity index (χ0v) is 26.4. The summed E-state index contributed by atoms with van der Waals surface area (Å²) in [4.78, 5) is 33.4. The van der Waals surface area contributed by atoms with Gasteiger partial charge in [0.25, 0.3) is 0 Å². The van der Waals surface area contributed by atoms with Crippen molar-refractivity contribution < 1.29 is 41.7 Å². The van der Waals surface area contributed by atoms with E-state index in [2.05, 4.69) is 11.0 Å². The number of rotatable bonds is 8. The van der Waals surface area contributed by atoms with Gasteiger partial charge in [-0.1, -0.05) is 6.07 Å². The molecule has 2 unspecified atom stereocenters. The topological polar surface area (TPSA) is 92.2 Å². The number of carboxylic acid groups (broad SMARTS) is 1. The molecule has 1 amide bonds. The van der Waals surface area contributed by atoms with Crippen molar-refractivity contribution in [2.45, 2.75) is 76.7 Å². The Labute approximate surface area is 270 Å². The van der Waals surface area contributed by atoms with Gasteiger partial charge in [0.15, 0.2) is 0 Å². The van der Waals surface area contributed by atoms with Gasteiger partial charge in [-0.25, -0.2) is 14.2 Å². The molecule has 1 saturated carbocycles. The van der Waals surface area contributed by atoms with Gasteiger partial charge in [-0.05, 0) is 105 Å². The Bertz CT molecular complexity index is 1680. The molecule has 12 heteroatoms. The van der Waals surface area contributed by atoms with E-state index >= 15 is 0 Å². The zero-order chi connectivity index (χ0) is 33.6. The van der Waals surface area contributed by atoms with E-state index < -0.39 is 41.8 Å². The van der Waals surface area contributed by atoms with Crippen molar-refractivity contribution in [2.75, 3.05) is 25.1 Å². The largest absolute Gasteiger partial charge is 0.496 e. The third-order valence-corrected chi connectivity index (χ3v) is 9.79. The number of carboxylic acids is 1. The molecule has 0 radical (unpaired) electrons. The smallest absolute Gasteiger partial charge is 0.416 e. The van der Waals surface area contributed by atoms with Crippen LogP contribution in [0, 0.1) is 18.7 Å². The van der Waals surface area contributed by atoms with E-state index in [1.807, 2.05) is 25.1 Å². The average molecular weight is 656 g/mol. The van der Waals surface area contributed by atoms with Crippen molar-refractivity contribution in [3.8, 4) is 16.9 Å². The maximum atomic E-state index is 14.3. The van der Waals surface area contributed by atoms with Crippen LogP contribution in [0.25, 0.3) is 11.1 Å². The Morgan fingerprint density at radius 2 is 1.79 bits per heavy atom. The first-order valence-corrected chi connectivity index (χ1v) is 15.9. The number of benzene rings is 2. The number of carbonyl (C=O) groups excluding carboxylic acids is 1. The molecule has 3 aliphatic rings. The molecule has 250 valence electrons. The number of anilines is 1. The molecule has 2 aliphatic heterocycles. The van der Waals surface area contributed by atoms with E-state index in [0.717, 1.165) is 72.6 Å². The number of aromatic nitrogens is 1. The van der Waals surface area contributed by atoms with Crippen LogP contribution < -0.4 is 9.64 Å². The second-order valence-corrected chi connectivity index (χ2v) is 12.8. The summed E-state index contributed by atoms with van der Waals surface area (Å²) < 4.78 is 66.1. The second kappa shape index (κ2) is 12.7. The number of hydrogen-bond donors (Lipinski definition) is 1. The quantitative estimate of drug-likeness (QED) is 0.247. The first-order valence-electron chi connectivity index (χ1n) is 15.9. The molecule has 1 aliphatic carbocycles. The van der Waals surface area contributed by atoms with Crippen molar-refractivity contribution >= 4 is 17.9 Å². The van der Waals surface area contributed by atoms with Crippen molar-refractivity contribution in [1.29, 1.82) is 0 Å². The van der Waals surface area contributed by atoms with Crippen LogP contribution in [0.15, 0.2) is 42.5 Å². The van der Waals surface area contributed by atoms with Crippen LogP contribution in [-0.4, -0.2) is 53.3 Å².